The predicted molar refractivity (Wildman–Crippen MR) is 101 cm³/mol. The number of rotatable bonds is 7. The van der Waals surface area contributed by atoms with Gasteiger partial charge in [0.05, 0.1) is 18.0 Å². The molecule has 0 amide bonds. The van der Waals surface area contributed by atoms with Crippen LogP contribution in [0.5, 0.6) is 0 Å². The second-order valence-corrected chi connectivity index (χ2v) is 5.84. The molecule has 0 aliphatic rings. The Balaban J connectivity index is 1.57. The number of hydrogen-bond acceptors (Lipinski definition) is 4. The second-order valence-electron chi connectivity index (χ2n) is 4.96. The molecule has 3 N–H and O–H groups in total. The molecule has 0 spiro atoms. The van der Waals surface area contributed by atoms with Gasteiger partial charge in [0.2, 0.25) is 0 Å². The first kappa shape index (κ1) is 15.3. The van der Waals surface area contributed by atoms with E-state index in [9.17, 15) is 0 Å². The first-order valence-corrected chi connectivity index (χ1v) is 8.33. The summed E-state index contributed by atoms with van der Waals surface area (Å²) in [6.45, 7) is 0.665. The summed E-state index contributed by atoms with van der Waals surface area (Å²) in [6, 6.07) is 28.6. The average molecular weight is 321 g/mol. The number of hydrogen-bond donors (Lipinski definition) is 3. The summed E-state index contributed by atoms with van der Waals surface area (Å²) in [5, 5.41) is 6.76. The highest BCUT2D eigenvalue weighted by molar-refractivity contribution is 8.00. The third-order valence-electron chi connectivity index (χ3n) is 3.29. The molecule has 0 radical (unpaired) electrons. The Morgan fingerprint density at radius 1 is 0.609 bits per heavy atom. The maximum absolute atomic E-state index is 3.41. The van der Waals surface area contributed by atoms with Gasteiger partial charge < -0.3 is 15.4 Å². The lowest BCUT2D eigenvalue weighted by Gasteiger charge is -2.14. The van der Waals surface area contributed by atoms with Gasteiger partial charge in [-0.2, -0.15) is 0 Å². The molecule has 0 saturated heterocycles. The lowest BCUT2D eigenvalue weighted by molar-refractivity contribution is 1.22. The number of benzene rings is 3. The van der Waals surface area contributed by atoms with Gasteiger partial charge in [-0.3, -0.25) is 0 Å². The summed E-state index contributed by atoms with van der Waals surface area (Å²) in [4.78, 5) is 1.18. The minimum atomic E-state index is 0.665. The predicted octanol–water partition coefficient (Wildman–Crippen LogP) is 5.29. The van der Waals surface area contributed by atoms with E-state index < -0.39 is 0 Å². The molecule has 0 aromatic heterocycles. The van der Waals surface area contributed by atoms with Gasteiger partial charge >= 0.3 is 0 Å². The Morgan fingerprint density at radius 2 is 1.22 bits per heavy atom. The van der Waals surface area contributed by atoms with Gasteiger partial charge in [0.25, 0.3) is 0 Å². The highest BCUT2D eigenvalue weighted by Gasteiger charge is 2.01. The van der Waals surface area contributed by atoms with Crippen molar-refractivity contribution in [3.8, 4) is 0 Å². The van der Waals surface area contributed by atoms with Gasteiger partial charge in [0.1, 0.15) is 0 Å². The van der Waals surface area contributed by atoms with Crippen molar-refractivity contribution in [3.05, 3.63) is 84.9 Å². The third-order valence-corrected chi connectivity index (χ3v) is 4.12. The molecule has 3 rings (SSSR count). The molecule has 0 bridgehead atoms. The van der Waals surface area contributed by atoms with Crippen LogP contribution in [0.2, 0.25) is 0 Å². The lowest BCUT2D eigenvalue weighted by atomic mass is 10.3. The van der Waals surface area contributed by atoms with E-state index in [0.29, 0.717) is 6.67 Å². The topological polar surface area (TPSA) is 36.1 Å². The Hall–Kier alpha value is -2.59. The summed E-state index contributed by atoms with van der Waals surface area (Å²) < 4.78 is 3.40. The quantitative estimate of drug-likeness (QED) is 0.408. The van der Waals surface area contributed by atoms with Crippen LogP contribution in [0, 0.1) is 0 Å². The minimum absolute atomic E-state index is 0.665. The van der Waals surface area contributed by atoms with E-state index in [0.717, 1.165) is 17.1 Å². The van der Waals surface area contributed by atoms with E-state index in [2.05, 4.69) is 51.8 Å². The largest absolute Gasteiger partial charge is 0.368 e. The van der Waals surface area contributed by atoms with Gasteiger partial charge in [0, 0.05) is 10.6 Å². The van der Waals surface area contributed by atoms with Gasteiger partial charge in [-0.1, -0.05) is 48.5 Å². The first-order chi connectivity index (χ1) is 11.4. The van der Waals surface area contributed by atoms with Crippen LogP contribution in [0.4, 0.5) is 17.1 Å². The highest BCUT2D eigenvalue weighted by atomic mass is 32.2. The van der Waals surface area contributed by atoms with Crippen molar-refractivity contribution in [1.82, 2.24) is 0 Å². The fourth-order valence-electron chi connectivity index (χ4n) is 2.13. The van der Waals surface area contributed by atoms with Crippen molar-refractivity contribution in [3.63, 3.8) is 0 Å². The van der Waals surface area contributed by atoms with Crippen molar-refractivity contribution in [2.75, 3.05) is 22.0 Å². The molecule has 0 heterocycles. The van der Waals surface area contributed by atoms with E-state index in [4.69, 9.17) is 0 Å². The summed E-state index contributed by atoms with van der Waals surface area (Å²) in [7, 11) is 0. The Kier molecular flexibility index (Phi) is 5.43. The third kappa shape index (κ3) is 4.69. The van der Waals surface area contributed by atoms with Gasteiger partial charge in [-0.25, -0.2) is 0 Å². The Bertz CT molecular complexity index is 717. The maximum atomic E-state index is 3.41. The molecule has 4 heteroatoms. The van der Waals surface area contributed by atoms with Crippen LogP contribution < -0.4 is 15.4 Å². The molecule has 3 aromatic carbocycles. The van der Waals surface area contributed by atoms with Crippen molar-refractivity contribution in [2.24, 2.45) is 0 Å². The monoisotopic (exact) mass is 321 g/mol. The average Bonchev–Trinajstić information content (AvgIpc) is 2.63. The molecule has 3 aromatic rings. The highest BCUT2D eigenvalue weighted by Crippen LogP contribution is 2.27. The molecule has 3 nitrogen and oxygen atoms in total. The summed E-state index contributed by atoms with van der Waals surface area (Å²) in [5.74, 6) is 0. The van der Waals surface area contributed by atoms with E-state index >= 15 is 0 Å². The minimum Gasteiger partial charge on any atom is -0.368 e. The second kappa shape index (κ2) is 8.15. The zero-order valence-corrected chi connectivity index (χ0v) is 13.5. The van der Waals surface area contributed by atoms with Gasteiger partial charge in [-0.15, -0.1) is 0 Å². The fraction of sp³-hybridized carbons (Fsp3) is 0.0526. The van der Waals surface area contributed by atoms with E-state index in [1.54, 1.807) is 11.9 Å². The summed E-state index contributed by atoms with van der Waals surface area (Å²) in [5.41, 5.74) is 3.24. The zero-order chi connectivity index (χ0) is 15.7. The molecule has 116 valence electrons. The van der Waals surface area contributed by atoms with E-state index in [1.807, 2.05) is 48.5 Å². The number of para-hydroxylation sites is 3. The molecular formula is C19H19N3S. The van der Waals surface area contributed by atoms with Gasteiger partial charge in [-0.05, 0) is 48.3 Å². The lowest BCUT2D eigenvalue weighted by Crippen LogP contribution is -2.12. The molecule has 23 heavy (non-hydrogen) atoms. The standard InChI is InChI=1S/C19H19N3S/c1-3-9-16(10-4-1)20-15-21-18-13-7-8-14-19(18)22-23-17-11-5-2-6-12-17/h1-14,20-22H,15H2. The van der Waals surface area contributed by atoms with Crippen LogP contribution in [0.3, 0.4) is 0 Å². The van der Waals surface area contributed by atoms with E-state index in [1.165, 1.54) is 4.90 Å². The van der Waals surface area contributed by atoms with Gasteiger partial charge in [0.15, 0.2) is 0 Å². The van der Waals surface area contributed by atoms with Crippen molar-refractivity contribution < 1.29 is 0 Å². The molecule has 0 unspecified atom stereocenters. The van der Waals surface area contributed by atoms with Crippen LogP contribution in [0.1, 0.15) is 0 Å². The van der Waals surface area contributed by atoms with Crippen LogP contribution in [-0.4, -0.2) is 6.67 Å². The smallest absolute Gasteiger partial charge is 0.0850 e. The first-order valence-electron chi connectivity index (χ1n) is 7.51. The molecule has 0 atom stereocenters. The van der Waals surface area contributed by atoms with Crippen LogP contribution in [0.25, 0.3) is 0 Å². The molecule has 0 aliphatic heterocycles. The zero-order valence-electron chi connectivity index (χ0n) is 12.7. The molecular weight excluding hydrogens is 302 g/mol. The molecule has 0 fully saturated rings. The normalized spacial score (nSPS) is 10.1. The number of nitrogens with one attached hydrogen (secondary N) is 3. The Labute approximate surface area is 141 Å². The van der Waals surface area contributed by atoms with Crippen molar-refractivity contribution >= 4 is 29.0 Å². The van der Waals surface area contributed by atoms with Crippen LogP contribution in [0.15, 0.2) is 89.8 Å². The molecule has 0 aliphatic carbocycles. The fourth-order valence-corrected chi connectivity index (χ4v) is 2.83. The van der Waals surface area contributed by atoms with Crippen molar-refractivity contribution in [1.29, 1.82) is 0 Å². The SMILES string of the molecule is c1ccc(NCNc2ccccc2NSc2ccccc2)cc1. The number of anilines is 3. The van der Waals surface area contributed by atoms with Crippen LogP contribution >= 0.6 is 11.9 Å². The van der Waals surface area contributed by atoms with E-state index in [-0.39, 0.29) is 0 Å². The van der Waals surface area contributed by atoms with Crippen molar-refractivity contribution in [2.45, 2.75) is 4.90 Å². The summed E-state index contributed by atoms with van der Waals surface area (Å²) in [6.07, 6.45) is 0. The van der Waals surface area contributed by atoms with Crippen LogP contribution in [-0.2, 0) is 0 Å². The Morgan fingerprint density at radius 3 is 1.96 bits per heavy atom. The molecule has 0 saturated carbocycles. The maximum Gasteiger partial charge on any atom is 0.0850 e. The summed E-state index contributed by atoms with van der Waals surface area (Å²) >= 11 is 1.61.